The largest absolute Gasteiger partial charge is 0.392 e. The van der Waals surface area contributed by atoms with Crippen LogP contribution in [0.2, 0.25) is 0 Å². The third kappa shape index (κ3) is 3.56. The quantitative estimate of drug-likeness (QED) is 0.902. The summed E-state index contributed by atoms with van der Waals surface area (Å²) in [7, 11) is 0. The number of nitrogens with zero attached hydrogens (tertiary/aromatic N) is 1. The van der Waals surface area contributed by atoms with Crippen LogP contribution in [0.5, 0.6) is 0 Å². The lowest BCUT2D eigenvalue weighted by atomic mass is 10.2. The van der Waals surface area contributed by atoms with E-state index in [9.17, 15) is 5.11 Å². The van der Waals surface area contributed by atoms with Crippen molar-refractivity contribution in [2.75, 3.05) is 12.0 Å². The van der Waals surface area contributed by atoms with Crippen LogP contribution in [-0.2, 0) is 6.42 Å². The minimum Gasteiger partial charge on any atom is -0.392 e. The molecule has 1 heterocycles. The van der Waals surface area contributed by atoms with Gasteiger partial charge in [-0.1, -0.05) is 30.3 Å². The normalized spacial score (nSPS) is 12.6. The zero-order valence-electron chi connectivity index (χ0n) is 9.67. The van der Waals surface area contributed by atoms with Crippen LogP contribution in [-0.4, -0.2) is 28.2 Å². The smallest absolute Gasteiger partial charge is 0.0958 e. The number of rotatable bonds is 5. The maximum absolute atomic E-state index is 9.73. The van der Waals surface area contributed by atoms with Crippen LogP contribution in [0.4, 0.5) is 0 Å². The van der Waals surface area contributed by atoms with Gasteiger partial charge in [-0.3, -0.25) is 0 Å². The van der Waals surface area contributed by atoms with E-state index < -0.39 is 0 Å². The van der Waals surface area contributed by atoms with Gasteiger partial charge in [-0.25, -0.2) is 4.98 Å². The number of hydrogen-bond acceptors (Lipinski definition) is 4. The number of aliphatic hydroxyl groups excluding tert-OH is 1. The van der Waals surface area contributed by atoms with Gasteiger partial charge in [-0.15, -0.1) is 11.3 Å². The molecule has 0 amide bonds. The molecule has 0 aliphatic heterocycles. The van der Waals surface area contributed by atoms with E-state index in [-0.39, 0.29) is 6.10 Å². The lowest BCUT2D eigenvalue weighted by molar-refractivity contribution is 0.200. The van der Waals surface area contributed by atoms with Gasteiger partial charge in [-0.05, 0) is 6.26 Å². The van der Waals surface area contributed by atoms with Crippen molar-refractivity contribution >= 4 is 23.1 Å². The van der Waals surface area contributed by atoms with Crippen molar-refractivity contribution in [3.8, 4) is 11.3 Å². The molecule has 0 aliphatic rings. The number of thioether (sulfide) groups is 1. The number of aromatic nitrogens is 1. The van der Waals surface area contributed by atoms with Crippen molar-refractivity contribution in [2.24, 2.45) is 0 Å². The minimum absolute atomic E-state index is 0.292. The summed E-state index contributed by atoms with van der Waals surface area (Å²) in [5.74, 6) is 0.764. The van der Waals surface area contributed by atoms with E-state index in [1.807, 2.05) is 24.5 Å². The first-order chi connectivity index (χ1) is 8.29. The Morgan fingerprint density at radius 2 is 2.12 bits per heavy atom. The predicted molar refractivity (Wildman–Crippen MR) is 75.6 cm³/mol. The summed E-state index contributed by atoms with van der Waals surface area (Å²) in [6, 6.07) is 10.1. The first-order valence-corrected chi connectivity index (χ1v) is 7.74. The van der Waals surface area contributed by atoms with Crippen molar-refractivity contribution in [2.45, 2.75) is 12.5 Å². The summed E-state index contributed by atoms with van der Waals surface area (Å²) >= 11 is 3.28. The van der Waals surface area contributed by atoms with Crippen molar-refractivity contribution in [1.82, 2.24) is 4.98 Å². The summed E-state index contributed by atoms with van der Waals surface area (Å²) < 4.78 is 0. The fraction of sp³-hybridized carbons (Fsp3) is 0.308. The topological polar surface area (TPSA) is 33.1 Å². The van der Waals surface area contributed by atoms with E-state index in [4.69, 9.17) is 0 Å². The Balaban J connectivity index is 2.06. The Morgan fingerprint density at radius 3 is 2.82 bits per heavy atom. The molecule has 1 aromatic carbocycles. The van der Waals surface area contributed by atoms with Gasteiger partial charge in [0.05, 0.1) is 16.8 Å². The van der Waals surface area contributed by atoms with Crippen LogP contribution in [0.3, 0.4) is 0 Å². The Kier molecular flexibility index (Phi) is 4.59. The molecule has 0 aliphatic carbocycles. The van der Waals surface area contributed by atoms with E-state index in [1.165, 1.54) is 0 Å². The lowest BCUT2D eigenvalue weighted by Gasteiger charge is -2.05. The summed E-state index contributed by atoms with van der Waals surface area (Å²) in [6.45, 7) is 0. The summed E-state index contributed by atoms with van der Waals surface area (Å²) in [5.41, 5.74) is 2.14. The SMILES string of the molecule is CSCC(O)Cc1nc(-c2ccccc2)cs1. The second-order valence-corrected chi connectivity index (χ2v) is 5.66. The fourth-order valence-corrected chi connectivity index (χ4v) is 2.98. The number of hydrogen-bond donors (Lipinski definition) is 1. The van der Waals surface area contributed by atoms with Crippen molar-refractivity contribution in [1.29, 1.82) is 0 Å². The van der Waals surface area contributed by atoms with Crippen LogP contribution in [0, 0.1) is 0 Å². The average Bonchev–Trinajstić information content (AvgIpc) is 2.79. The molecule has 4 heteroatoms. The van der Waals surface area contributed by atoms with Gasteiger partial charge in [0, 0.05) is 23.1 Å². The standard InChI is InChI=1S/C13H15NOS2/c1-16-8-11(15)7-13-14-12(9-17-13)10-5-3-2-4-6-10/h2-6,9,11,15H,7-8H2,1H3. The number of benzene rings is 1. The van der Waals surface area contributed by atoms with E-state index in [2.05, 4.69) is 22.5 Å². The highest BCUT2D eigenvalue weighted by Gasteiger charge is 2.09. The summed E-state index contributed by atoms with van der Waals surface area (Å²) in [4.78, 5) is 4.55. The number of thiazole rings is 1. The van der Waals surface area contributed by atoms with Gasteiger partial charge in [-0.2, -0.15) is 11.8 Å². The van der Waals surface area contributed by atoms with E-state index in [1.54, 1.807) is 23.1 Å². The van der Waals surface area contributed by atoms with Crippen LogP contribution in [0.1, 0.15) is 5.01 Å². The predicted octanol–water partition coefficient (Wildman–Crippen LogP) is 3.08. The molecule has 1 unspecified atom stereocenters. The third-order valence-corrected chi connectivity index (χ3v) is 3.98. The highest BCUT2D eigenvalue weighted by atomic mass is 32.2. The van der Waals surface area contributed by atoms with Gasteiger partial charge in [0.15, 0.2) is 0 Å². The third-order valence-electron chi connectivity index (χ3n) is 2.39. The molecule has 0 bridgehead atoms. The van der Waals surface area contributed by atoms with Gasteiger partial charge < -0.3 is 5.11 Å². The zero-order chi connectivity index (χ0) is 12.1. The molecule has 0 saturated heterocycles. The molecule has 2 rings (SSSR count). The Labute approximate surface area is 110 Å². The molecule has 17 heavy (non-hydrogen) atoms. The first kappa shape index (κ1) is 12.6. The monoisotopic (exact) mass is 265 g/mol. The van der Waals surface area contributed by atoms with Gasteiger partial charge >= 0.3 is 0 Å². The van der Waals surface area contributed by atoms with Crippen LogP contribution < -0.4 is 0 Å². The molecular weight excluding hydrogens is 250 g/mol. The van der Waals surface area contributed by atoms with Gasteiger partial charge in [0.2, 0.25) is 0 Å². The summed E-state index contributed by atoms with van der Waals surface area (Å²) in [6.07, 6.45) is 2.36. The van der Waals surface area contributed by atoms with Gasteiger partial charge in [0.1, 0.15) is 0 Å². The molecule has 90 valence electrons. The molecule has 0 fully saturated rings. The van der Waals surface area contributed by atoms with Crippen molar-refractivity contribution in [3.05, 3.63) is 40.7 Å². The second kappa shape index (κ2) is 6.19. The van der Waals surface area contributed by atoms with E-state index in [0.717, 1.165) is 22.0 Å². The molecule has 2 aromatic rings. The zero-order valence-corrected chi connectivity index (χ0v) is 11.3. The van der Waals surface area contributed by atoms with E-state index >= 15 is 0 Å². The van der Waals surface area contributed by atoms with E-state index in [0.29, 0.717) is 6.42 Å². The molecule has 0 spiro atoms. The summed E-state index contributed by atoms with van der Waals surface area (Å²) in [5, 5.41) is 12.8. The lowest BCUT2D eigenvalue weighted by Crippen LogP contribution is -2.12. The second-order valence-electron chi connectivity index (χ2n) is 3.81. The molecule has 0 saturated carbocycles. The van der Waals surface area contributed by atoms with Crippen LogP contribution >= 0.6 is 23.1 Å². The molecule has 1 N–H and O–H groups in total. The maximum Gasteiger partial charge on any atom is 0.0958 e. The highest BCUT2D eigenvalue weighted by Crippen LogP contribution is 2.22. The number of aliphatic hydroxyl groups is 1. The van der Waals surface area contributed by atoms with Gasteiger partial charge in [0.25, 0.3) is 0 Å². The Morgan fingerprint density at radius 1 is 1.35 bits per heavy atom. The Hall–Kier alpha value is -0.840. The van der Waals surface area contributed by atoms with Crippen LogP contribution in [0.25, 0.3) is 11.3 Å². The first-order valence-electron chi connectivity index (χ1n) is 5.46. The molecule has 2 nitrogen and oxygen atoms in total. The molecule has 0 radical (unpaired) electrons. The minimum atomic E-state index is -0.292. The highest BCUT2D eigenvalue weighted by molar-refractivity contribution is 7.98. The van der Waals surface area contributed by atoms with Crippen LogP contribution in [0.15, 0.2) is 35.7 Å². The molecule has 1 aromatic heterocycles. The van der Waals surface area contributed by atoms with Crippen molar-refractivity contribution < 1.29 is 5.11 Å². The fourth-order valence-electron chi connectivity index (χ4n) is 1.60. The average molecular weight is 265 g/mol. The Bertz CT molecular complexity index is 455. The van der Waals surface area contributed by atoms with Crippen molar-refractivity contribution in [3.63, 3.8) is 0 Å². The molecule has 1 atom stereocenters. The molecular formula is C13H15NOS2. The maximum atomic E-state index is 9.73.